The lowest BCUT2D eigenvalue weighted by Crippen LogP contribution is -2.32. The Hall–Kier alpha value is -3.98. The first kappa shape index (κ1) is 23.7. The van der Waals surface area contributed by atoms with E-state index >= 15 is 0 Å². The van der Waals surface area contributed by atoms with Crippen molar-refractivity contribution in [3.05, 3.63) is 88.4 Å². The third kappa shape index (κ3) is 6.50. The number of nitrogens with one attached hydrogen (secondary N) is 2. The summed E-state index contributed by atoms with van der Waals surface area (Å²) in [7, 11) is 1.53. The highest BCUT2D eigenvalue weighted by Crippen LogP contribution is 2.20. The van der Waals surface area contributed by atoms with Gasteiger partial charge in [0.15, 0.2) is 0 Å². The van der Waals surface area contributed by atoms with Crippen molar-refractivity contribution in [3.63, 3.8) is 0 Å². The summed E-state index contributed by atoms with van der Waals surface area (Å²) in [6, 6.07) is 20.1. The normalized spacial score (nSPS) is 10.8. The molecule has 0 saturated heterocycles. The molecule has 2 N–H and O–H groups in total. The van der Waals surface area contributed by atoms with Gasteiger partial charge in [0.1, 0.15) is 11.5 Å². The average Bonchev–Trinajstić information content (AvgIpc) is 2.83. The van der Waals surface area contributed by atoms with Crippen molar-refractivity contribution in [3.8, 4) is 11.5 Å². The maximum atomic E-state index is 12.3. The Morgan fingerprint density at radius 3 is 2.12 bits per heavy atom. The van der Waals surface area contributed by atoms with Gasteiger partial charge in [-0.05, 0) is 89.1 Å². The third-order valence-electron chi connectivity index (χ3n) is 4.46. The lowest BCUT2D eigenvalue weighted by molar-refractivity contribution is -0.136. The third-order valence-corrected chi connectivity index (χ3v) is 5.15. The first-order valence-electron chi connectivity index (χ1n) is 9.74. The van der Waals surface area contributed by atoms with E-state index in [1.807, 2.05) is 0 Å². The molecule has 0 bridgehead atoms. The van der Waals surface area contributed by atoms with Crippen molar-refractivity contribution < 1.29 is 23.9 Å². The topological polar surface area (TPSA) is 106 Å². The van der Waals surface area contributed by atoms with Gasteiger partial charge in [-0.3, -0.25) is 9.59 Å². The number of esters is 1. The Labute approximate surface area is 198 Å². The van der Waals surface area contributed by atoms with E-state index in [1.165, 1.54) is 7.11 Å². The molecule has 3 aromatic rings. The molecule has 3 aromatic carbocycles. The summed E-state index contributed by atoms with van der Waals surface area (Å²) in [6.07, 6.45) is 0. The van der Waals surface area contributed by atoms with Crippen LogP contribution in [-0.2, 0) is 9.59 Å². The van der Waals surface area contributed by atoms with E-state index in [-0.39, 0.29) is 0 Å². The van der Waals surface area contributed by atoms with Crippen LogP contribution in [0.1, 0.15) is 22.8 Å². The fraction of sp³-hybridized carbons (Fsp3) is 0.0833. The molecule has 0 heterocycles. The number of anilines is 1. The second-order valence-electron chi connectivity index (χ2n) is 6.71. The van der Waals surface area contributed by atoms with Gasteiger partial charge in [-0.25, -0.2) is 10.2 Å². The number of ether oxygens (including phenoxy) is 2. The van der Waals surface area contributed by atoms with Gasteiger partial charge in [-0.1, -0.05) is 12.1 Å². The van der Waals surface area contributed by atoms with Gasteiger partial charge in [-0.15, -0.1) is 0 Å². The van der Waals surface area contributed by atoms with Crippen LogP contribution in [0.3, 0.4) is 0 Å². The van der Waals surface area contributed by atoms with Gasteiger partial charge in [0, 0.05) is 10.2 Å². The van der Waals surface area contributed by atoms with Crippen molar-refractivity contribution in [2.24, 2.45) is 5.10 Å². The molecule has 0 spiro atoms. The minimum atomic E-state index is -0.913. The van der Waals surface area contributed by atoms with Crippen LogP contribution in [0.2, 0.25) is 0 Å². The van der Waals surface area contributed by atoms with Crippen molar-refractivity contribution in [2.45, 2.75) is 6.92 Å². The van der Waals surface area contributed by atoms with E-state index in [4.69, 9.17) is 9.47 Å². The summed E-state index contributed by atoms with van der Waals surface area (Å²) < 4.78 is 11.1. The van der Waals surface area contributed by atoms with Crippen molar-refractivity contribution >= 4 is 45.1 Å². The Bertz CT molecular complexity index is 1190. The number of benzene rings is 3. The molecule has 0 saturated carbocycles. The molecule has 0 unspecified atom stereocenters. The molecule has 0 aliphatic rings. The summed E-state index contributed by atoms with van der Waals surface area (Å²) in [5, 5.41) is 6.43. The Morgan fingerprint density at radius 1 is 0.848 bits per heavy atom. The largest absolute Gasteiger partial charge is 0.497 e. The van der Waals surface area contributed by atoms with E-state index in [0.29, 0.717) is 38.5 Å². The van der Waals surface area contributed by atoms with Gasteiger partial charge >= 0.3 is 17.8 Å². The highest BCUT2D eigenvalue weighted by Gasteiger charge is 2.14. The number of rotatable bonds is 6. The maximum Gasteiger partial charge on any atom is 0.344 e. The molecule has 8 nitrogen and oxygen atoms in total. The fourth-order valence-electron chi connectivity index (χ4n) is 2.67. The Balaban J connectivity index is 1.56. The highest BCUT2D eigenvalue weighted by molar-refractivity contribution is 9.10. The molecule has 0 aliphatic carbocycles. The molecule has 0 radical (unpaired) electrons. The minimum Gasteiger partial charge on any atom is -0.497 e. The molecule has 3 rings (SSSR count). The maximum absolute atomic E-state index is 12.3. The van der Waals surface area contributed by atoms with Crippen LogP contribution >= 0.6 is 15.9 Å². The molecule has 0 atom stereocenters. The van der Waals surface area contributed by atoms with Crippen LogP contribution in [0.15, 0.2) is 82.4 Å². The summed E-state index contributed by atoms with van der Waals surface area (Å²) in [5.41, 5.74) is 4.22. The highest BCUT2D eigenvalue weighted by atomic mass is 79.9. The van der Waals surface area contributed by atoms with Gasteiger partial charge in [0.25, 0.3) is 0 Å². The number of halogens is 1. The molecule has 0 aromatic heterocycles. The number of hydrogen-bond acceptors (Lipinski definition) is 6. The van der Waals surface area contributed by atoms with E-state index in [2.05, 4.69) is 31.8 Å². The van der Waals surface area contributed by atoms with Gasteiger partial charge in [0.05, 0.1) is 18.4 Å². The smallest absolute Gasteiger partial charge is 0.344 e. The zero-order chi connectivity index (χ0) is 23.8. The molecule has 168 valence electrons. The van der Waals surface area contributed by atoms with Crippen molar-refractivity contribution in [1.29, 1.82) is 0 Å². The van der Waals surface area contributed by atoms with E-state index in [1.54, 1.807) is 79.7 Å². The summed E-state index contributed by atoms with van der Waals surface area (Å²) in [5.74, 6) is -1.27. The number of methoxy groups -OCH3 is 1. The monoisotopic (exact) mass is 509 g/mol. The lowest BCUT2D eigenvalue weighted by atomic mass is 10.1. The van der Waals surface area contributed by atoms with Gasteiger partial charge < -0.3 is 14.8 Å². The molecular formula is C24H20BrN3O5. The van der Waals surface area contributed by atoms with E-state index in [0.717, 1.165) is 0 Å². The van der Waals surface area contributed by atoms with Crippen LogP contribution in [0, 0.1) is 0 Å². The van der Waals surface area contributed by atoms with Crippen LogP contribution in [0.4, 0.5) is 5.69 Å². The van der Waals surface area contributed by atoms with Crippen LogP contribution in [0.5, 0.6) is 11.5 Å². The molecule has 2 amide bonds. The predicted octanol–water partition coefficient (Wildman–Crippen LogP) is 4.16. The average molecular weight is 510 g/mol. The first-order chi connectivity index (χ1) is 15.9. The zero-order valence-corrected chi connectivity index (χ0v) is 19.4. The SMILES string of the molecule is COc1ccc(NC(=O)C(=O)N/N=C(\C)c2ccc(OC(=O)c3ccccc3Br)cc2)cc1. The standard InChI is InChI=1S/C24H20BrN3O5/c1-15(27-28-23(30)22(29)26-17-9-13-18(32-2)14-10-17)16-7-11-19(12-8-16)33-24(31)20-5-3-4-6-21(20)25/h3-14H,1-2H3,(H,26,29)(H,28,30)/b27-15+. The van der Waals surface area contributed by atoms with Crippen molar-refractivity contribution in [1.82, 2.24) is 5.43 Å². The zero-order valence-electron chi connectivity index (χ0n) is 17.8. The van der Waals surface area contributed by atoms with Gasteiger partial charge in [-0.2, -0.15) is 5.10 Å². The summed E-state index contributed by atoms with van der Waals surface area (Å²) in [4.78, 5) is 36.3. The van der Waals surface area contributed by atoms with E-state index in [9.17, 15) is 14.4 Å². The van der Waals surface area contributed by atoms with E-state index < -0.39 is 17.8 Å². The lowest BCUT2D eigenvalue weighted by Gasteiger charge is -2.07. The quantitative estimate of drug-likeness (QED) is 0.170. The second-order valence-corrected chi connectivity index (χ2v) is 7.57. The minimum absolute atomic E-state index is 0.357. The number of nitrogens with zero attached hydrogens (tertiary/aromatic N) is 1. The summed E-state index contributed by atoms with van der Waals surface area (Å²) >= 11 is 3.32. The predicted molar refractivity (Wildman–Crippen MR) is 128 cm³/mol. The van der Waals surface area contributed by atoms with Gasteiger partial charge in [0.2, 0.25) is 0 Å². The number of carbonyl (C=O) groups is 3. The second kappa shape index (κ2) is 11.1. The fourth-order valence-corrected chi connectivity index (χ4v) is 3.11. The number of carbonyl (C=O) groups excluding carboxylic acids is 3. The molecule has 9 heteroatoms. The Kier molecular flexibility index (Phi) is 7.93. The van der Waals surface area contributed by atoms with Crippen LogP contribution < -0.4 is 20.2 Å². The number of hydrazone groups is 1. The Morgan fingerprint density at radius 2 is 1.48 bits per heavy atom. The molecule has 33 heavy (non-hydrogen) atoms. The first-order valence-corrected chi connectivity index (χ1v) is 10.5. The van der Waals surface area contributed by atoms with Crippen LogP contribution in [-0.4, -0.2) is 30.6 Å². The summed E-state index contributed by atoms with van der Waals surface area (Å²) in [6.45, 7) is 1.67. The van der Waals surface area contributed by atoms with Crippen molar-refractivity contribution in [2.75, 3.05) is 12.4 Å². The number of hydrogen-bond donors (Lipinski definition) is 2. The number of amides is 2. The van der Waals surface area contributed by atoms with Crippen LogP contribution in [0.25, 0.3) is 0 Å². The molecule has 0 aliphatic heterocycles. The molecule has 0 fully saturated rings. The molecular weight excluding hydrogens is 490 g/mol.